The largest absolute Gasteiger partial charge is 0.455 e. The summed E-state index contributed by atoms with van der Waals surface area (Å²) in [6, 6.07) is 0. The minimum atomic E-state index is -0.760. The molecule has 0 aromatic rings. The van der Waals surface area contributed by atoms with E-state index in [1.54, 1.807) is 0 Å². The summed E-state index contributed by atoms with van der Waals surface area (Å²) >= 11 is 0. The van der Waals surface area contributed by atoms with Gasteiger partial charge in [-0.2, -0.15) is 0 Å². The molecular weight excluding hydrogens is 174 g/mol. The first-order valence-corrected chi connectivity index (χ1v) is 3.93. The number of esters is 1. The Morgan fingerprint density at radius 2 is 2.08 bits per heavy atom. The van der Waals surface area contributed by atoms with E-state index in [9.17, 15) is 14.4 Å². The predicted octanol–water partition coefficient (Wildman–Crippen LogP) is -0.357. The molecular formula is C8H13NO4. The van der Waals surface area contributed by atoms with Crippen LogP contribution in [0.5, 0.6) is 0 Å². The molecule has 0 heterocycles. The molecule has 0 radical (unpaired) electrons. The van der Waals surface area contributed by atoms with Crippen LogP contribution in [0.4, 0.5) is 0 Å². The molecule has 0 aliphatic carbocycles. The third-order valence-electron chi connectivity index (χ3n) is 1.27. The Kier molecular flexibility index (Phi) is 5.50. The Morgan fingerprint density at radius 3 is 2.46 bits per heavy atom. The molecule has 0 fully saturated rings. The quantitative estimate of drug-likeness (QED) is 0.471. The van der Waals surface area contributed by atoms with Crippen LogP contribution in [0.1, 0.15) is 20.3 Å². The predicted molar refractivity (Wildman–Crippen MR) is 44.9 cm³/mol. The number of carbonyl (C=O) groups excluding carboxylic acids is 3. The molecule has 5 heteroatoms. The van der Waals surface area contributed by atoms with E-state index in [-0.39, 0.29) is 5.91 Å². The lowest BCUT2D eigenvalue weighted by Gasteiger charge is -2.09. The van der Waals surface area contributed by atoms with Gasteiger partial charge in [-0.15, -0.1) is 0 Å². The zero-order chi connectivity index (χ0) is 10.3. The molecule has 1 atom stereocenters. The maximum absolute atomic E-state index is 10.4. The molecule has 5 nitrogen and oxygen atoms in total. The van der Waals surface area contributed by atoms with Gasteiger partial charge in [0.1, 0.15) is 0 Å². The van der Waals surface area contributed by atoms with Gasteiger partial charge in [-0.05, 0) is 0 Å². The molecule has 0 aromatic carbocycles. The summed E-state index contributed by atoms with van der Waals surface area (Å²) in [5.41, 5.74) is 0. The number of rotatable bonds is 5. The molecule has 0 saturated heterocycles. The number of amides is 1. The Balaban J connectivity index is 3.65. The fraction of sp³-hybridized carbons (Fsp3) is 0.625. The van der Waals surface area contributed by atoms with Crippen LogP contribution in [0, 0.1) is 0 Å². The zero-order valence-corrected chi connectivity index (χ0v) is 7.70. The van der Waals surface area contributed by atoms with Crippen molar-refractivity contribution in [1.82, 2.24) is 5.32 Å². The molecule has 0 saturated carbocycles. The third kappa shape index (κ3) is 6.99. The molecule has 0 aliphatic heterocycles. The highest BCUT2D eigenvalue weighted by Crippen LogP contribution is 1.94. The van der Waals surface area contributed by atoms with Gasteiger partial charge in [-0.3, -0.25) is 14.4 Å². The van der Waals surface area contributed by atoms with Crippen LogP contribution in [0.15, 0.2) is 0 Å². The van der Waals surface area contributed by atoms with E-state index in [1.165, 1.54) is 13.8 Å². The number of hydrogen-bond acceptors (Lipinski definition) is 4. The molecule has 13 heavy (non-hydrogen) atoms. The summed E-state index contributed by atoms with van der Waals surface area (Å²) in [7, 11) is 0. The van der Waals surface area contributed by atoms with Crippen molar-refractivity contribution in [2.75, 3.05) is 6.54 Å². The summed E-state index contributed by atoms with van der Waals surface area (Å²) in [6.07, 6.45) is 0.0932. The highest BCUT2D eigenvalue weighted by atomic mass is 16.5. The molecule has 0 aliphatic rings. The highest BCUT2D eigenvalue weighted by molar-refractivity contribution is 5.73. The van der Waals surface area contributed by atoms with Crippen molar-refractivity contribution in [1.29, 1.82) is 0 Å². The minimum Gasteiger partial charge on any atom is -0.455 e. The fourth-order valence-corrected chi connectivity index (χ4v) is 0.758. The van der Waals surface area contributed by atoms with Crippen molar-refractivity contribution >= 4 is 18.2 Å². The maximum atomic E-state index is 10.4. The number of carbonyl (C=O) groups is 3. The minimum absolute atomic E-state index is 0.174. The molecule has 0 bridgehead atoms. The van der Waals surface area contributed by atoms with E-state index in [2.05, 4.69) is 10.1 Å². The van der Waals surface area contributed by atoms with Gasteiger partial charge in [-0.1, -0.05) is 0 Å². The number of ether oxygens (including phenoxy) is 1. The van der Waals surface area contributed by atoms with Gasteiger partial charge in [0.2, 0.25) is 5.91 Å². The Hall–Kier alpha value is -1.39. The van der Waals surface area contributed by atoms with Gasteiger partial charge >= 0.3 is 5.97 Å². The lowest BCUT2D eigenvalue weighted by molar-refractivity contribution is -0.149. The van der Waals surface area contributed by atoms with Crippen molar-refractivity contribution in [3.63, 3.8) is 0 Å². The number of hydrogen-bond donors (Lipinski definition) is 1. The lowest BCUT2D eigenvalue weighted by atomic mass is 10.3. The second-order valence-corrected chi connectivity index (χ2v) is 2.56. The van der Waals surface area contributed by atoms with Gasteiger partial charge < -0.3 is 10.1 Å². The molecule has 1 amide bonds. The molecule has 0 spiro atoms. The average molecular weight is 187 g/mol. The van der Waals surface area contributed by atoms with Gasteiger partial charge in [0, 0.05) is 26.8 Å². The van der Waals surface area contributed by atoms with Crippen LogP contribution < -0.4 is 5.32 Å². The van der Waals surface area contributed by atoms with Crippen molar-refractivity contribution < 1.29 is 19.1 Å². The van der Waals surface area contributed by atoms with Gasteiger partial charge in [0.15, 0.2) is 12.4 Å². The topological polar surface area (TPSA) is 72.5 Å². The monoisotopic (exact) mass is 187 g/mol. The number of nitrogens with one attached hydrogen (secondary N) is 1. The van der Waals surface area contributed by atoms with Gasteiger partial charge in [0.25, 0.3) is 0 Å². The first-order chi connectivity index (χ1) is 6.06. The second-order valence-electron chi connectivity index (χ2n) is 2.56. The van der Waals surface area contributed by atoms with Gasteiger partial charge in [-0.25, -0.2) is 0 Å². The van der Waals surface area contributed by atoms with E-state index in [0.717, 1.165) is 0 Å². The highest BCUT2D eigenvalue weighted by Gasteiger charge is 2.09. The smallest absolute Gasteiger partial charge is 0.303 e. The second kappa shape index (κ2) is 6.16. The molecule has 1 unspecified atom stereocenters. The third-order valence-corrected chi connectivity index (χ3v) is 1.27. The molecule has 74 valence electrons. The normalized spacial score (nSPS) is 11.5. The Bertz CT molecular complexity index is 202. The van der Waals surface area contributed by atoms with Crippen molar-refractivity contribution in [3.05, 3.63) is 0 Å². The first-order valence-electron chi connectivity index (χ1n) is 3.93. The summed E-state index contributed by atoms with van der Waals surface area (Å²) in [4.78, 5) is 31.2. The Morgan fingerprint density at radius 1 is 1.46 bits per heavy atom. The van der Waals surface area contributed by atoms with Crippen molar-refractivity contribution in [3.8, 4) is 0 Å². The van der Waals surface area contributed by atoms with Crippen molar-refractivity contribution in [2.24, 2.45) is 0 Å². The van der Waals surface area contributed by atoms with E-state index >= 15 is 0 Å². The first kappa shape index (κ1) is 11.6. The van der Waals surface area contributed by atoms with Crippen LogP contribution in [0.25, 0.3) is 0 Å². The van der Waals surface area contributed by atoms with Crippen molar-refractivity contribution in [2.45, 2.75) is 26.4 Å². The lowest BCUT2D eigenvalue weighted by Crippen LogP contribution is -2.27. The summed E-state index contributed by atoms with van der Waals surface area (Å²) in [5, 5.41) is 2.49. The molecule has 0 rings (SSSR count). The SMILES string of the molecule is CC(=O)NCCC(C=O)OC(C)=O. The zero-order valence-electron chi connectivity index (χ0n) is 7.70. The van der Waals surface area contributed by atoms with E-state index in [1.807, 2.05) is 0 Å². The summed E-state index contributed by atoms with van der Waals surface area (Å²) in [5.74, 6) is -0.674. The molecule has 1 N–H and O–H groups in total. The van der Waals surface area contributed by atoms with E-state index in [4.69, 9.17) is 0 Å². The number of aldehydes is 1. The maximum Gasteiger partial charge on any atom is 0.303 e. The average Bonchev–Trinajstić information content (AvgIpc) is 2.01. The van der Waals surface area contributed by atoms with Crippen LogP contribution in [0.3, 0.4) is 0 Å². The fourth-order valence-electron chi connectivity index (χ4n) is 0.758. The summed E-state index contributed by atoms with van der Waals surface area (Å²) in [6.45, 7) is 2.93. The van der Waals surface area contributed by atoms with Gasteiger partial charge in [0.05, 0.1) is 0 Å². The Labute approximate surface area is 76.4 Å². The van der Waals surface area contributed by atoms with Crippen LogP contribution in [-0.4, -0.2) is 30.8 Å². The van der Waals surface area contributed by atoms with E-state index < -0.39 is 12.1 Å². The van der Waals surface area contributed by atoms with E-state index in [0.29, 0.717) is 19.3 Å². The standard InChI is InChI=1S/C8H13NO4/c1-6(11)9-4-3-8(5-10)13-7(2)12/h5,8H,3-4H2,1-2H3,(H,9,11). The van der Waals surface area contributed by atoms with Crippen LogP contribution in [-0.2, 0) is 19.1 Å². The summed E-state index contributed by atoms with van der Waals surface area (Å²) < 4.78 is 4.62. The molecule has 0 aromatic heterocycles. The van der Waals surface area contributed by atoms with Crippen LogP contribution >= 0.6 is 0 Å². The van der Waals surface area contributed by atoms with Crippen LogP contribution in [0.2, 0.25) is 0 Å².